The number of esters is 1. The molecule has 36 heavy (non-hydrogen) atoms. The van der Waals surface area contributed by atoms with Crippen LogP contribution < -0.4 is 11.2 Å². The van der Waals surface area contributed by atoms with Crippen LogP contribution in [0.5, 0.6) is 0 Å². The summed E-state index contributed by atoms with van der Waals surface area (Å²) in [7, 11) is 3.29. The quantitative estimate of drug-likeness (QED) is 0.272. The molecule has 0 saturated carbocycles. The molecule has 3 aromatic heterocycles. The Morgan fingerprint density at radius 1 is 1.00 bits per heavy atom. The Kier molecular flexibility index (Phi) is 5.97. The van der Waals surface area contributed by atoms with Gasteiger partial charge >= 0.3 is 11.7 Å². The van der Waals surface area contributed by atoms with E-state index in [1.165, 1.54) is 10.9 Å². The van der Waals surface area contributed by atoms with Crippen LogP contribution in [0.15, 0.2) is 70.5 Å². The number of para-hydroxylation sites is 1. The maximum atomic E-state index is 13.3. The molecule has 0 amide bonds. The number of aromatic nitrogens is 5. The van der Waals surface area contributed by atoms with E-state index in [1.807, 2.05) is 61.5 Å². The number of nitrogens with zero attached hydrogens (tertiary/aromatic N) is 5. The van der Waals surface area contributed by atoms with E-state index in [4.69, 9.17) is 9.72 Å². The fraction of sp³-hybridized carbons (Fsp3) is 0.222. The Morgan fingerprint density at radius 2 is 1.72 bits per heavy atom. The van der Waals surface area contributed by atoms with E-state index < -0.39 is 17.2 Å². The highest BCUT2D eigenvalue weighted by Gasteiger charge is 2.20. The fourth-order valence-electron chi connectivity index (χ4n) is 4.50. The second kappa shape index (κ2) is 9.26. The van der Waals surface area contributed by atoms with Gasteiger partial charge in [-0.1, -0.05) is 48.5 Å². The first-order chi connectivity index (χ1) is 17.4. The first-order valence-corrected chi connectivity index (χ1v) is 11.6. The summed E-state index contributed by atoms with van der Waals surface area (Å²) in [5, 5.41) is 0.714. The molecular formula is C27H25N5O4. The first kappa shape index (κ1) is 23.2. The highest BCUT2D eigenvalue weighted by atomic mass is 16.5. The number of fused-ring (bicyclic) bond motifs is 2. The van der Waals surface area contributed by atoms with Gasteiger partial charge in [0.15, 0.2) is 11.2 Å². The van der Waals surface area contributed by atoms with Gasteiger partial charge in [0.2, 0.25) is 0 Å². The van der Waals surface area contributed by atoms with E-state index in [-0.39, 0.29) is 13.2 Å². The van der Waals surface area contributed by atoms with Crippen LogP contribution in [-0.4, -0.2) is 36.2 Å². The standard InChI is InChI=1S/C27H25N5O4/c1-17-21(19-12-7-8-13-20(19)29-22(17)18-10-5-4-6-11-18)26(34)36-15-9-14-32-25(33)23-24(28-16-30(23)2)31(3)27(32)35/h4-8,10-13,16H,9,14-15H2,1-3H3. The lowest BCUT2D eigenvalue weighted by atomic mass is 9.98. The summed E-state index contributed by atoms with van der Waals surface area (Å²) in [4.78, 5) is 47.7. The topological polar surface area (TPSA) is 101 Å². The number of imidazole rings is 1. The predicted molar refractivity (Wildman–Crippen MR) is 137 cm³/mol. The van der Waals surface area contributed by atoms with Crippen LogP contribution in [0.3, 0.4) is 0 Å². The Labute approximate surface area is 206 Å². The van der Waals surface area contributed by atoms with E-state index in [0.717, 1.165) is 21.4 Å². The van der Waals surface area contributed by atoms with Crippen molar-refractivity contribution in [2.45, 2.75) is 19.9 Å². The Bertz CT molecular complexity index is 1730. The van der Waals surface area contributed by atoms with E-state index in [1.54, 1.807) is 18.7 Å². The summed E-state index contributed by atoms with van der Waals surface area (Å²) < 4.78 is 9.72. The van der Waals surface area contributed by atoms with Crippen LogP contribution in [0.25, 0.3) is 33.3 Å². The van der Waals surface area contributed by atoms with Crippen LogP contribution in [0, 0.1) is 6.92 Å². The lowest BCUT2D eigenvalue weighted by Crippen LogP contribution is -2.39. The summed E-state index contributed by atoms with van der Waals surface area (Å²) >= 11 is 0. The minimum absolute atomic E-state index is 0.0502. The minimum atomic E-state index is -0.467. The van der Waals surface area contributed by atoms with Crippen molar-refractivity contribution in [2.24, 2.45) is 14.1 Å². The van der Waals surface area contributed by atoms with Gasteiger partial charge in [0.05, 0.1) is 29.7 Å². The highest BCUT2D eigenvalue weighted by Crippen LogP contribution is 2.30. The molecule has 2 aromatic carbocycles. The summed E-state index contributed by atoms with van der Waals surface area (Å²) in [5.74, 6) is -0.467. The van der Waals surface area contributed by atoms with Crippen LogP contribution in [0.1, 0.15) is 22.3 Å². The van der Waals surface area contributed by atoms with Crippen molar-refractivity contribution < 1.29 is 9.53 Å². The van der Waals surface area contributed by atoms with Gasteiger partial charge in [-0.15, -0.1) is 0 Å². The molecule has 0 fully saturated rings. The zero-order chi connectivity index (χ0) is 25.4. The Hall–Kier alpha value is -4.53. The van der Waals surface area contributed by atoms with Crippen LogP contribution in [0.4, 0.5) is 0 Å². The van der Waals surface area contributed by atoms with E-state index >= 15 is 0 Å². The molecule has 0 bridgehead atoms. The smallest absolute Gasteiger partial charge is 0.339 e. The average molecular weight is 484 g/mol. The number of aryl methyl sites for hydroxylation is 2. The van der Waals surface area contributed by atoms with Gasteiger partial charge in [-0.2, -0.15) is 0 Å². The number of pyridine rings is 1. The molecular weight excluding hydrogens is 458 g/mol. The minimum Gasteiger partial charge on any atom is -0.462 e. The van der Waals surface area contributed by atoms with Crippen LogP contribution in [-0.2, 0) is 25.4 Å². The Balaban J connectivity index is 1.40. The normalized spacial score (nSPS) is 11.3. The summed E-state index contributed by atoms with van der Waals surface area (Å²) in [6, 6.07) is 17.2. The zero-order valence-electron chi connectivity index (χ0n) is 20.3. The molecule has 182 valence electrons. The number of carbonyl (C=O) groups excluding carboxylic acids is 1. The molecule has 0 N–H and O–H groups in total. The molecule has 9 heteroatoms. The van der Waals surface area contributed by atoms with Crippen LogP contribution >= 0.6 is 0 Å². The summed E-state index contributed by atoms with van der Waals surface area (Å²) in [5.41, 5.74) is 3.35. The lowest BCUT2D eigenvalue weighted by molar-refractivity contribution is 0.0497. The van der Waals surface area contributed by atoms with Crippen molar-refractivity contribution in [3.63, 3.8) is 0 Å². The molecule has 0 aliphatic carbocycles. The largest absolute Gasteiger partial charge is 0.462 e. The highest BCUT2D eigenvalue weighted by molar-refractivity contribution is 6.06. The van der Waals surface area contributed by atoms with Crippen molar-refractivity contribution >= 4 is 28.0 Å². The van der Waals surface area contributed by atoms with Crippen LogP contribution in [0.2, 0.25) is 0 Å². The number of benzene rings is 2. The molecule has 0 unspecified atom stereocenters. The molecule has 9 nitrogen and oxygen atoms in total. The molecule has 0 radical (unpaired) electrons. The SMILES string of the molecule is Cc1c(-c2ccccc2)nc2ccccc2c1C(=O)OCCCn1c(=O)c2c(ncn2C)n(C)c1=O. The molecule has 5 rings (SSSR count). The zero-order valence-corrected chi connectivity index (χ0v) is 20.3. The number of hydrogen-bond acceptors (Lipinski definition) is 6. The first-order valence-electron chi connectivity index (χ1n) is 11.6. The molecule has 0 aliphatic rings. The molecule has 0 saturated heterocycles. The van der Waals surface area contributed by atoms with Gasteiger partial charge < -0.3 is 9.30 Å². The summed E-state index contributed by atoms with van der Waals surface area (Å²) in [6.45, 7) is 2.03. The van der Waals surface area contributed by atoms with Crippen molar-refractivity contribution in [1.29, 1.82) is 0 Å². The second-order valence-electron chi connectivity index (χ2n) is 8.66. The van der Waals surface area contributed by atoms with E-state index in [2.05, 4.69) is 4.98 Å². The predicted octanol–water partition coefficient (Wildman–Crippen LogP) is 3.20. The second-order valence-corrected chi connectivity index (χ2v) is 8.66. The number of ether oxygens (including phenoxy) is 1. The van der Waals surface area contributed by atoms with Crippen molar-refractivity contribution in [3.05, 3.63) is 92.9 Å². The van der Waals surface area contributed by atoms with Gasteiger partial charge in [0.25, 0.3) is 5.56 Å². The molecule has 3 heterocycles. The lowest BCUT2D eigenvalue weighted by Gasteiger charge is -2.14. The molecule has 0 atom stereocenters. The fourth-order valence-corrected chi connectivity index (χ4v) is 4.50. The number of carbonyl (C=O) groups is 1. The maximum absolute atomic E-state index is 13.3. The number of hydrogen-bond donors (Lipinski definition) is 0. The Morgan fingerprint density at radius 3 is 2.50 bits per heavy atom. The van der Waals surface area contributed by atoms with Gasteiger partial charge in [-0.05, 0) is 25.0 Å². The third-order valence-corrected chi connectivity index (χ3v) is 6.35. The van der Waals surface area contributed by atoms with Crippen molar-refractivity contribution in [2.75, 3.05) is 6.61 Å². The monoisotopic (exact) mass is 483 g/mol. The van der Waals surface area contributed by atoms with Crippen molar-refractivity contribution in [3.8, 4) is 11.3 Å². The third-order valence-electron chi connectivity index (χ3n) is 6.35. The van der Waals surface area contributed by atoms with Gasteiger partial charge in [0.1, 0.15) is 0 Å². The molecule has 0 spiro atoms. The van der Waals surface area contributed by atoms with Gasteiger partial charge in [-0.25, -0.2) is 19.6 Å². The molecule has 0 aliphatic heterocycles. The van der Waals surface area contributed by atoms with Gasteiger partial charge in [0, 0.05) is 31.6 Å². The third kappa shape index (κ3) is 3.88. The maximum Gasteiger partial charge on any atom is 0.339 e. The summed E-state index contributed by atoms with van der Waals surface area (Å²) in [6.07, 6.45) is 1.81. The van der Waals surface area contributed by atoms with E-state index in [9.17, 15) is 14.4 Å². The molecule has 5 aromatic rings. The van der Waals surface area contributed by atoms with E-state index in [0.29, 0.717) is 34.1 Å². The average Bonchev–Trinajstić information content (AvgIpc) is 3.28. The van der Waals surface area contributed by atoms with Crippen molar-refractivity contribution in [1.82, 2.24) is 23.7 Å². The number of rotatable bonds is 6. The van der Waals surface area contributed by atoms with Gasteiger partial charge in [-0.3, -0.25) is 13.9 Å².